The summed E-state index contributed by atoms with van der Waals surface area (Å²) in [5.74, 6) is 0.441. The van der Waals surface area contributed by atoms with Crippen molar-refractivity contribution in [3.8, 4) is 0 Å². The van der Waals surface area contributed by atoms with Crippen LogP contribution in [0, 0.1) is 11.7 Å². The average molecular weight is 272 g/mol. The second kappa shape index (κ2) is 7.07. The van der Waals surface area contributed by atoms with Crippen LogP contribution >= 0.6 is 11.6 Å². The molecule has 4 heteroatoms. The number of ether oxygens (including phenoxy) is 1. The number of rotatable bonds is 5. The molecule has 0 spiro atoms. The molecule has 0 bridgehead atoms. The van der Waals surface area contributed by atoms with Gasteiger partial charge in [-0.25, -0.2) is 4.39 Å². The standard InChI is InChI=1S/C14H19ClFNO/c15-14-4-3-13(16)8-12(14)10-18-7-5-11-2-1-6-17-9-11/h3-4,8,11,17H,1-2,5-7,9-10H2. The Kier molecular flexibility index (Phi) is 5.42. The third-order valence-corrected chi connectivity index (χ3v) is 3.70. The summed E-state index contributed by atoms with van der Waals surface area (Å²) in [5.41, 5.74) is 0.721. The van der Waals surface area contributed by atoms with E-state index in [1.165, 1.54) is 25.0 Å². The summed E-state index contributed by atoms with van der Waals surface area (Å²) in [6.45, 7) is 3.32. The molecule has 1 heterocycles. The van der Waals surface area contributed by atoms with Gasteiger partial charge in [0.15, 0.2) is 0 Å². The van der Waals surface area contributed by atoms with Crippen LogP contribution in [0.2, 0.25) is 5.02 Å². The van der Waals surface area contributed by atoms with Gasteiger partial charge in [-0.1, -0.05) is 11.6 Å². The van der Waals surface area contributed by atoms with Gasteiger partial charge in [0.1, 0.15) is 5.82 Å². The zero-order valence-corrected chi connectivity index (χ0v) is 11.2. The Hall–Kier alpha value is -0.640. The number of benzene rings is 1. The zero-order chi connectivity index (χ0) is 12.8. The van der Waals surface area contributed by atoms with E-state index < -0.39 is 0 Å². The largest absolute Gasteiger partial charge is 0.377 e. The lowest BCUT2D eigenvalue weighted by molar-refractivity contribution is 0.103. The minimum atomic E-state index is -0.269. The lowest BCUT2D eigenvalue weighted by Crippen LogP contribution is -2.30. The maximum atomic E-state index is 13.0. The van der Waals surface area contributed by atoms with E-state index in [9.17, 15) is 4.39 Å². The Morgan fingerprint density at radius 2 is 2.33 bits per heavy atom. The van der Waals surface area contributed by atoms with Crippen molar-refractivity contribution in [3.63, 3.8) is 0 Å². The van der Waals surface area contributed by atoms with Crippen LogP contribution in [0.4, 0.5) is 4.39 Å². The van der Waals surface area contributed by atoms with Crippen molar-refractivity contribution in [2.75, 3.05) is 19.7 Å². The third-order valence-electron chi connectivity index (χ3n) is 3.33. The van der Waals surface area contributed by atoms with Crippen molar-refractivity contribution in [1.82, 2.24) is 5.32 Å². The molecule has 100 valence electrons. The summed E-state index contributed by atoms with van der Waals surface area (Å²) in [6, 6.07) is 4.37. The second-order valence-electron chi connectivity index (χ2n) is 4.79. The molecule has 2 nitrogen and oxygen atoms in total. The van der Waals surface area contributed by atoms with E-state index in [2.05, 4.69) is 5.32 Å². The van der Waals surface area contributed by atoms with E-state index in [4.69, 9.17) is 16.3 Å². The quantitative estimate of drug-likeness (QED) is 0.829. The van der Waals surface area contributed by atoms with E-state index in [1.807, 2.05) is 0 Å². The fraction of sp³-hybridized carbons (Fsp3) is 0.571. The molecular formula is C14H19ClFNO. The van der Waals surface area contributed by atoms with Gasteiger partial charge in [-0.15, -0.1) is 0 Å². The van der Waals surface area contributed by atoms with Crippen LogP contribution in [0.15, 0.2) is 18.2 Å². The van der Waals surface area contributed by atoms with Crippen LogP contribution in [0.3, 0.4) is 0 Å². The maximum absolute atomic E-state index is 13.0. The smallest absolute Gasteiger partial charge is 0.123 e. The van der Waals surface area contributed by atoms with Crippen LogP contribution in [-0.2, 0) is 11.3 Å². The summed E-state index contributed by atoms with van der Waals surface area (Å²) in [5, 5.41) is 3.95. The highest BCUT2D eigenvalue weighted by atomic mass is 35.5. The Labute approximate surface area is 112 Å². The SMILES string of the molecule is Fc1ccc(Cl)c(COCCC2CCCNC2)c1. The predicted molar refractivity (Wildman–Crippen MR) is 71.3 cm³/mol. The second-order valence-corrected chi connectivity index (χ2v) is 5.20. The zero-order valence-electron chi connectivity index (χ0n) is 10.4. The Balaban J connectivity index is 1.69. The van der Waals surface area contributed by atoms with E-state index in [-0.39, 0.29) is 5.82 Å². The molecule has 1 aliphatic heterocycles. The number of hydrogen-bond donors (Lipinski definition) is 1. The summed E-state index contributed by atoms with van der Waals surface area (Å²) in [7, 11) is 0. The highest BCUT2D eigenvalue weighted by molar-refractivity contribution is 6.31. The number of nitrogens with one attached hydrogen (secondary N) is 1. The Morgan fingerprint density at radius 3 is 3.11 bits per heavy atom. The summed E-state index contributed by atoms with van der Waals surface area (Å²) in [6.07, 6.45) is 3.58. The number of hydrogen-bond acceptors (Lipinski definition) is 2. The first-order valence-corrected chi connectivity index (χ1v) is 6.86. The molecule has 1 aromatic carbocycles. The van der Waals surface area contributed by atoms with E-state index in [0.717, 1.165) is 25.1 Å². The average Bonchev–Trinajstić information content (AvgIpc) is 2.40. The summed E-state index contributed by atoms with van der Waals surface area (Å²) in [4.78, 5) is 0. The highest BCUT2D eigenvalue weighted by Crippen LogP contribution is 2.19. The molecule has 1 atom stereocenters. The number of halogens is 2. The van der Waals surface area contributed by atoms with Gasteiger partial charge in [-0.3, -0.25) is 0 Å². The van der Waals surface area contributed by atoms with Gasteiger partial charge >= 0.3 is 0 Å². The van der Waals surface area contributed by atoms with E-state index >= 15 is 0 Å². The van der Waals surface area contributed by atoms with Crippen LogP contribution in [-0.4, -0.2) is 19.7 Å². The van der Waals surface area contributed by atoms with Crippen molar-refractivity contribution in [1.29, 1.82) is 0 Å². The Bertz CT molecular complexity index is 380. The topological polar surface area (TPSA) is 21.3 Å². The first-order valence-electron chi connectivity index (χ1n) is 6.48. The number of piperidine rings is 1. The Morgan fingerprint density at radius 1 is 1.44 bits per heavy atom. The molecule has 18 heavy (non-hydrogen) atoms. The van der Waals surface area contributed by atoms with Gasteiger partial charge in [0, 0.05) is 11.6 Å². The minimum absolute atomic E-state index is 0.269. The van der Waals surface area contributed by atoms with Crippen molar-refractivity contribution in [3.05, 3.63) is 34.6 Å². The fourth-order valence-electron chi connectivity index (χ4n) is 2.26. The molecule has 0 amide bonds. The molecule has 0 aromatic heterocycles. The van der Waals surface area contributed by atoms with Crippen LogP contribution in [0.1, 0.15) is 24.8 Å². The lowest BCUT2D eigenvalue weighted by atomic mass is 9.97. The molecule has 1 aromatic rings. The van der Waals surface area contributed by atoms with E-state index in [0.29, 0.717) is 24.2 Å². The monoisotopic (exact) mass is 271 g/mol. The molecule has 2 rings (SSSR count). The van der Waals surface area contributed by atoms with Crippen molar-refractivity contribution in [2.45, 2.75) is 25.9 Å². The van der Waals surface area contributed by atoms with Crippen molar-refractivity contribution < 1.29 is 9.13 Å². The highest BCUT2D eigenvalue weighted by Gasteiger charge is 2.12. The summed E-state index contributed by atoms with van der Waals surface area (Å²) >= 11 is 5.97. The molecule has 0 aliphatic carbocycles. The molecule has 0 saturated carbocycles. The van der Waals surface area contributed by atoms with Gasteiger partial charge < -0.3 is 10.1 Å². The lowest BCUT2D eigenvalue weighted by Gasteiger charge is -2.22. The first kappa shape index (κ1) is 13.8. The molecule has 1 aliphatic rings. The van der Waals surface area contributed by atoms with Gasteiger partial charge in [0.25, 0.3) is 0 Å². The maximum Gasteiger partial charge on any atom is 0.123 e. The molecule has 1 saturated heterocycles. The predicted octanol–water partition coefficient (Wildman–Crippen LogP) is 3.39. The normalized spacial score (nSPS) is 20.0. The molecule has 1 N–H and O–H groups in total. The van der Waals surface area contributed by atoms with Crippen molar-refractivity contribution >= 4 is 11.6 Å². The van der Waals surface area contributed by atoms with Gasteiger partial charge in [0.05, 0.1) is 6.61 Å². The third kappa shape index (κ3) is 4.23. The molecule has 1 unspecified atom stereocenters. The van der Waals surface area contributed by atoms with E-state index in [1.54, 1.807) is 6.07 Å². The first-order chi connectivity index (χ1) is 8.75. The van der Waals surface area contributed by atoms with Gasteiger partial charge in [-0.05, 0) is 62.0 Å². The fourth-order valence-corrected chi connectivity index (χ4v) is 2.43. The minimum Gasteiger partial charge on any atom is -0.377 e. The van der Waals surface area contributed by atoms with Gasteiger partial charge in [0.2, 0.25) is 0 Å². The van der Waals surface area contributed by atoms with Crippen LogP contribution in [0.25, 0.3) is 0 Å². The van der Waals surface area contributed by atoms with Gasteiger partial charge in [-0.2, -0.15) is 0 Å². The van der Waals surface area contributed by atoms with Crippen molar-refractivity contribution in [2.24, 2.45) is 5.92 Å². The molecule has 0 radical (unpaired) electrons. The summed E-state index contributed by atoms with van der Waals surface area (Å²) < 4.78 is 18.6. The molecular weight excluding hydrogens is 253 g/mol. The van der Waals surface area contributed by atoms with Crippen LogP contribution < -0.4 is 5.32 Å². The molecule has 1 fully saturated rings. The van der Waals surface area contributed by atoms with Crippen LogP contribution in [0.5, 0.6) is 0 Å².